The van der Waals surface area contributed by atoms with E-state index in [4.69, 9.17) is 4.74 Å². The van der Waals surface area contributed by atoms with E-state index in [0.717, 1.165) is 25.8 Å². The van der Waals surface area contributed by atoms with Gasteiger partial charge in [-0.3, -0.25) is 9.69 Å². The van der Waals surface area contributed by atoms with Crippen LogP contribution in [0.5, 0.6) is 0 Å². The lowest BCUT2D eigenvalue weighted by molar-refractivity contribution is -0.208. The van der Waals surface area contributed by atoms with Gasteiger partial charge in [0.15, 0.2) is 0 Å². The fraction of sp³-hybridized carbons (Fsp3) is 0.950. The second-order valence-corrected chi connectivity index (χ2v) is 9.70. The van der Waals surface area contributed by atoms with Gasteiger partial charge in [0.1, 0.15) is 29.9 Å². The largest absolute Gasteiger partial charge is 0.388 e. The summed E-state index contributed by atoms with van der Waals surface area (Å²) in [7, 11) is 5.77. The maximum atomic E-state index is 13.2. The Morgan fingerprint density at radius 2 is 1.93 bits per heavy atom. The zero-order valence-electron chi connectivity index (χ0n) is 18.5. The molecule has 0 radical (unpaired) electrons. The molecule has 29 heavy (non-hydrogen) atoms. The van der Waals surface area contributed by atoms with Crippen LogP contribution < -0.4 is 5.32 Å². The summed E-state index contributed by atoms with van der Waals surface area (Å²) in [6, 6.07) is -0.902. The summed E-state index contributed by atoms with van der Waals surface area (Å²) < 4.78 is 5.96. The Morgan fingerprint density at radius 1 is 1.28 bits per heavy atom. The molecule has 2 fully saturated rings. The van der Waals surface area contributed by atoms with E-state index < -0.39 is 35.9 Å². The zero-order chi connectivity index (χ0) is 21.9. The van der Waals surface area contributed by atoms with Crippen molar-refractivity contribution in [3.05, 3.63) is 0 Å². The van der Waals surface area contributed by atoms with Gasteiger partial charge in [-0.25, -0.2) is 0 Å². The zero-order valence-corrected chi connectivity index (χ0v) is 19.3. The third kappa shape index (κ3) is 5.64. The number of hydrogen-bond acceptors (Lipinski definition) is 8. The van der Waals surface area contributed by atoms with Crippen LogP contribution in [0.3, 0.4) is 0 Å². The van der Waals surface area contributed by atoms with Gasteiger partial charge in [0.2, 0.25) is 5.91 Å². The monoisotopic (exact) mass is 433 g/mol. The Bertz CT molecular complexity index is 538. The highest BCUT2D eigenvalue weighted by molar-refractivity contribution is 7.99. The first-order valence-electron chi connectivity index (χ1n) is 10.5. The third-order valence-corrected chi connectivity index (χ3v) is 7.32. The standard InChI is InChI=1S/C20H39N3O5S/c1-7-8-12-9-13(23(5)10-12)19(27)21-14(11(2)22(3)4)18-16(25)15(24)17(26)20(28-18)29-6/h11-18,20,24-26H,7-10H2,1-6H3,(H,21,27)/t11-,12+,13-,14+,15+,16?,17+,18+,20?/m0/s1. The minimum atomic E-state index is -1.33. The fourth-order valence-electron chi connectivity index (χ4n) is 4.45. The van der Waals surface area contributed by atoms with Crippen LogP contribution >= 0.6 is 11.8 Å². The van der Waals surface area contributed by atoms with Crippen molar-refractivity contribution in [1.29, 1.82) is 0 Å². The van der Waals surface area contributed by atoms with Gasteiger partial charge in [0, 0.05) is 12.6 Å². The molecule has 2 aliphatic rings. The van der Waals surface area contributed by atoms with E-state index in [1.54, 1.807) is 6.26 Å². The molecule has 170 valence electrons. The van der Waals surface area contributed by atoms with Crippen molar-refractivity contribution < 1.29 is 24.9 Å². The molecule has 2 saturated heterocycles. The first kappa shape index (κ1) is 24.8. The number of hydrogen-bond donors (Lipinski definition) is 4. The number of ether oxygens (including phenoxy) is 1. The average molecular weight is 434 g/mol. The number of aliphatic hydroxyl groups excluding tert-OH is 3. The minimum absolute atomic E-state index is 0.0816. The van der Waals surface area contributed by atoms with Crippen molar-refractivity contribution in [3.8, 4) is 0 Å². The summed E-state index contributed by atoms with van der Waals surface area (Å²) in [5, 5.41) is 34.2. The van der Waals surface area contributed by atoms with E-state index in [1.165, 1.54) is 11.8 Å². The Hall–Kier alpha value is -0.420. The molecular formula is C20H39N3O5S. The molecule has 2 aliphatic heterocycles. The number of carbonyl (C=O) groups is 1. The van der Waals surface area contributed by atoms with E-state index in [-0.39, 0.29) is 18.0 Å². The summed E-state index contributed by atoms with van der Waals surface area (Å²) in [4.78, 5) is 17.2. The van der Waals surface area contributed by atoms with Crippen LogP contribution in [-0.4, -0.2) is 113 Å². The molecule has 4 N–H and O–H groups in total. The predicted molar refractivity (Wildman–Crippen MR) is 115 cm³/mol. The van der Waals surface area contributed by atoms with E-state index in [2.05, 4.69) is 17.1 Å². The SMILES string of the molecule is CCC[C@@H]1C[C@@H](C(=O)N[C@@H]([C@H]2OC(SC)[C@H](O)[C@H](O)C2O)[C@H](C)N(C)C)N(C)C1. The number of thioether (sulfide) groups is 1. The number of nitrogens with zero attached hydrogens (tertiary/aromatic N) is 2. The number of likely N-dealkylation sites (N-methyl/N-ethyl adjacent to an activating group) is 2. The van der Waals surface area contributed by atoms with E-state index in [9.17, 15) is 20.1 Å². The Morgan fingerprint density at radius 3 is 2.48 bits per heavy atom. The predicted octanol–water partition coefficient (Wildman–Crippen LogP) is -0.288. The molecule has 2 rings (SSSR count). The number of carbonyl (C=O) groups excluding carboxylic acids is 1. The van der Waals surface area contributed by atoms with Gasteiger partial charge in [-0.2, -0.15) is 0 Å². The molecule has 0 aromatic carbocycles. The smallest absolute Gasteiger partial charge is 0.237 e. The molecule has 0 bridgehead atoms. The second kappa shape index (κ2) is 10.7. The van der Waals surface area contributed by atoms with Crippen molar-refractivity contribution in [3.63, 3.8) is 0 Å². The van der Waals surface area contributed by atoms with Crippen LogP contribution in [0.25, 0.3) is 0 Å². The third-order valence-electron chi connectivity index (χ3n) is 6.47. The first-order valence-corrected chi connectivity index (χ1v) is 11.8. The lowest BCUT2D eigenvalue weighted by atomic mass is 9.90. The Labute approximate surface area is 179 Å². The minimum Gasteiger partial charge on any atom is -0.388 e. The summed E-state index contributed by atoms with van der Waals surface area (Å²) in [6.07, 6.45) is 0.171. The summed E-state index contributed by atoms with van der Waals surface area (Å²) >= 11 is 1.27. The first-order chi connectivity index (χ1) is 13.6. The Balaban J connectivity index is 2.19. The number of likely N-dealkylation sites (tertiary alicyclic amines) is 1. The van der Waals surface area contributed by atoms with E-state index in [0.29, 0.717) is 5.92 Å². The molecule has 8 nitrogen and oxygen atoms in total. The number of nitrogens with one attached hydrogen (secondary N) is 1. The van der Waals surface area contributed by atoms with Crippen molar-refractivity contribution >= 4 is 17.7 Å². The van der Waals surface area contributed by atoms with Crippen LogP contribution in [0.15, 0.2) is 0 Å². The van der Waals surface area contributed by atoms with Crippen molar-refractivity contribution in [2.24, 2.45) is 5.92 Å². The van der Waals surface area contributed by atoms with Crippen LogP contribution in [-0.2, 0) is 9.53 Å². The highest BCUT2D eigenvalue weighted by Crippen LogP contribution is 2.31. The molecule has 0 aromatic heterocycles. The lowest BCUT2D eigenvalue weighted by Gasteiger charge is -2.45. The van der Waals surface area contributed by atoms with Gasteiger partial charge < -0.3 is 30.3 Å². The van der Waals surface area contributed by atoms with E-state index >= 15 is 0 Å². The van der Waals surface area contributed by atoms with Crippen LogP contribution in [0.2, 0.25) is 0 Å². The summed E-state index contributed by atoms with van der Waals surface area (Å²) in [5.74, 6) is 0.432. The molecule has 9 atom stereocenters. The fourth-order valence-corrected chi connectivity index (χ4v) is 5.13. The van der Waals surface area contributed by atoms with Crippen LogP contribution in [0.4, 0.5) is 0 Å². The number of amides is 1. The average Bonchev–Trinajstić information content (AvgIpc) is 3.05. The van der Waals surface area contributed by atoms with E-state index in [1.807, 2.05) is 33.0 Å². The van der Waals surface area contributed by atoms with Gasteiger partial charge in [0.25, 0.3) is 0 Å². The van der Waals surface area contributed by atoms with Gasteiger partial charge in [0.05, 0.1) is 12.1 Å². The molecule has 0 saturated carbocycles. The molecule has 2 unspecified atom stereocenters. The van der Waals surface area contributed by atoms with Crippen molar-refractivity contribution in [2.45, 2.75) is 81.1 Å². The molecule has 9 heteroatoms. The molecule has 0 aromatic rings. The van der Waals surface area contributed by atoms with Crippen molar-refractivity contribution in [1.82, 2.24) is 15.1 Å². The maximum Gasteiger partial charge on any atom is 0.237 e. The van der Waals surface area contributed by atoms with Gasteiger partial charge in [-0.05, 0) is 53.1 Å². The maximum absolute atomic E-state index is 13.2. The Kier molecular flexibility index (Phi) is 9.21. The normalized spacial score (nSPS) is 38.2. The molecule has 1 amide bonds. The molecule has 0 spiro atoms. The summed E-state index contributed by atoms with van der Waals surface area (Å²) in [5.41, 5.74) is -0.671. The highest BCUT2D eigenvalue weighted by Gasteiger charge is 2.49. The molecule has 2 heterocycles. The van der Waals surface area contributed by atoms with Gasteiger partial charge >= 0.3 is 0 Å². The van der Waals surface area contributed by atoms with Crippen LogP contribution in [0, 0.1) is 5.92 Å². The van der Waals surface area contributed by atoms with Crippen LogP contribution in [0.1, 0.15) is 33.1 Å². The second-order valence-electron chi connectivity index (χ2n) is 8.76. The number of aliphatic hydroxyl groups is 3. The molecule has 0 aliphatic carbocycles. The van der Waals surface area contributed by atoms with Crippen molar-refractivity contribution in [2.75, 3.05) is 33.9 Å². The summed E-state index contributed by atoms with van der Waals surface area (Å²) in [6.45, 7) is 5.01. The van der Waals surface area contributed by atoms with Gasteiger partial charge in [-0.1, -0.05) is 13.3 Å². The lowest BCUT2D eigenvalue weighted by Crippen LogP contribution is -2.67. The quantitative estimate of drug-likeness (QED) is 0.414. The highest BCUT2D eigenvalue weighted by atomic mass is 32.2. The van der Waals surface area contributed by atoms with Gasteiger partial charge in [-0.15, -0.1) is 11.8 Å². The molecular weight excluding hydrogens is 394 g/mol. The topological polar surface area (TPSA) is 106 Å². The number of rotatable bonds is 8.